The third kappa shape index (κ3) is 2.98. The Kier molecular flexibility index (Phi) is 4.68. The maximum Gasteiger partial charge on any atom is 0.126 e. The Morgan fingerprint density at radius 3 is 2.67 bits per heavy atom. The highest BCUT2D eigenvalue weighted by molar-refractivity contribution is 5.53. The highest BCUT2D eigenvalue weighted by Gasteiger charge is 2.09. The van der Waals surface area contributed by atoms with Crippen molar-refractivity contribution in [1.29, 1.82) is 0 Å². The highest BCUT2D eigenvalue weighted by atomic mass is 16.5. The summed E-state index contributed by atoms with van der Waals surface area (Å²) in [6, 6.07) is 5.66. The molecule has 0 saturated heterocycles. The van der Waals surface area contributed by atoms with Crippen molar-refractivity contribution in [1.82, 2.24) is 0 Å². The van der Waals surface area contributed by atoms with Crippen LogP contribution in [0.15, 0.2) is 18.2 Å². The van der Waals surface area contributed by atoms with Gasteiger partial charge in [-0.25, -0.2) is 0 Å². The second-order valence-electron chi connectivity index (χ2n) is 3.08. The lowest BCUT2D eigenvalue weighted by Gasteiger charge is -2.12. The molecule has 0 N–H and O–H groups in total. The Morgan fingerprint density at radius 1 is 1.33 bits per heavy atom. The molecule has 0 radical (unpaired) electrons. The molecule has 0 atom stereocenters. The Balaban J connectivity index is 2.96. The van der Waals surface area contributed by atoms with Crippen LogP contribution in [-0.4, -0.2) is 20.0 Å². The van der Waals surface area contributed by atoms with Crippen LogP contribution >= 0.6 is 0 Å². The molecule has 3 heteroatoms. The van der Waals surface area contributed by atoms with E-state index in [9.17, 15) is 4.79 Å². The third-order valence-electron chi connectivity index (χ3n) is 2.12. The summed E-state index contributed by atoms with van der Waals surface area (Å²) in [4.78, 5) is 10.4. The fourth-order valence-electron chi connectivity index (χ4n) is 1.48. The molecule has 1 rings (SSSR count). The number of methoxy groups -OCH3 is 1. The SMILES string of the molecule is CCOc1cccc(OC)c1CCC=O. The Morgan fingerprint density at radius 2 is 2.07 bits per heavy atom. The number of hydrogen-bond donors (Lipinski definition) is 0. The van der Waals surface area contributed by atoms with E-state index in [0.717, 1.165) is 23.3 Å². The first-order chi connectivity index (χ1) is 7.33. The monoisotopic (exact) mass is 208 g/mol. The van der Waals surface area contributed by atoms with Crippen LogP contribution in [0.25, 0.3) is 0 Å². The molecule has 0 aliphatic carbocycles. The molecule has 1 aromatic rings. The average molecular weight is 208 g/mol. The van der Waals surface area contributed by atoms with Crippen molar-refractivity contribution >= 4 is 6.29 Å². The largest absolute Gasteiger partial charge is 0.496 e. The van der Waals surface area contributed by atoms with Crippen LogP contribution in [0.3, 0.4) is 0 Å². The van der Waals surface area contributed by atoms with Gasteiger partial charge >= 0.3 is 0 Å². The molecular weight excluding hydrogens is 192 g/mol. The van der Waals surface area contributed by atoms with Gasteiger partial charge in [0.2, 0.25) is 0 Å². The first-order valence-corrected chi connectivity index (χ1v) is 5.05. The van der Waals surface area contributed by atoms with Crippen LogP contribution in [-0.2, 0) is 11.2 Å². The second kappa shape index (κ2) is 6.06. The van der Waals surface area contributed by atoms with E-state index in [-0.39, 0.29) is 0 Å². The Hall–Kier alpha value is -1.51. The van der Waals surface area contributed by atoms with Crippen LogP contribution in [0.1, 0.15) is 18.9 Å². The standard InChI is InChI=1S/C12H16O3/c1-3-15-12-8-4-7-11(14-2)10(12)6-5-9-13/h4,7-9H,3,5-6H2,1-2H3. The van der Waals surface area contributed by atoms with E-state index in [4.69, 9.17) is 9.47 Å². The molecule has 0 unspecified atom stereocenters. The lowest BCUT2D eigenvalue weighted by Crippen LogP contribution is -2.00. The fraction of sp³-hybridized carbons (Fsp3) is 0.417. The summed E-state index contributed by atoms with van der Waals surface area (Å²) >= 11 is 0. The van der Waals surface area contributed by atoms with Crippen LogP contribution in [0.4, 0.5) is 0 Å². The normalized spacial score (nSPS) is 9.73. The highest BCUT2D eigenvalue weighted by Crippen LogP contribution is 2.29. The molecule has 15 heavy (non-hydrogen) atoms. The van der Waals surface area contributed by atoms with Gasteiger partial charge in [0.05, 0.1) is 13.7 Å². The quantitative estimate of drug-likeness (QED) is 0.672. The minimum absolute atomic E-state index is 0.487. The molecule has 0 fully saturated rings. The molecule has 0 heterocycles. The number of rotatable bonds is 6. The van der Waals surface area contributed by atoms with Gasteiger partial charge in [-0.15, -0.1) is 0 Å². The van der Waals surface area contributed by atoms with Crippen molar-refractivity contribution in [3.63, 3.8) is 0 Å². The number of carbonyl (C=O) groups excluding carboxylic acids is 1. The topological polar surface area (TPSA) is 35.5 Å². The van der Waals surface area contributed by atoms with Gasteiger partial charge in [0.25, 0.3) is 0 Å². The molecule has 3 nitrogen and oxygen atoms in total. The summed E-state index contributed by atoms with van der Waals surface area (Å²) in [5, 5.41) is 0. The van der Waals surface area contributed by atoms with E-state index >= 15 is 0 Å². The first kappa shape index (κ1) is 11.6. The van der Waals surface area contributed by atoms with E-state index in [2.05, 4.69) is 0 Å². The summed E-state index contributed by atoms with van der Waals surface area (Å²) in [5.74, 6) is 1.58. The summed E-state index contributed by atoms with van der Waals surface area (Å²) in [5.41, 5.74) is 0.967. The molecule has 0 aliphatic heterocycles. The van der Waals surface area contributed by atoms with Crippen LogP contribution in [0.5, 0.6) is 11.5 Å². The van der Waals surface area contributed by atoms with Crippen molar-refractivity contribution in [3.05, 3.63) is 23.8 Å². The minimum Gasteiger partial charge on any atom is -0.496 e. The zero-order valence-corrected chi connectivity index (χ0v) is 9.16. The van der Waals surface area contributed by atoms with E-state index in [1.165, 1.54) is 0 Å². The van der Waals surface area contributed by atoms with E-state index in [0.29, 0.717) is 19.4 Å². The molecule has 0 bridgehead atoms. The fourth-order valence-corrected chi connectivity index (χ4v) is 1.48. The van der Waals surface area contributed by atoms with Crippen LogP contribution < -0.4 is 9.47 Å². The third-order valence-corrected chi connectivity index (χ3v) is 2.12. The molecule has 0 aliphatic rings. The number of carbonyl (C=O) groups is 1. The number of hydrogen-bond acceptors (Lipinski definition) is 3. The van der Waals surface area contributed by atoms with Crippen molar-refractivity contribution < 1.29 is 14.3 Å². The first-order valence-electron chi connectivity index (χ1n) is 5.05. The van der Waals surface area contributed by atoms with Crippen LogP contribution in [0.2, 0.25) is 0 Å². The smallest absolute Gasteiger partial charge is 0.126 e. The van der Waals surface area contributed by atoms with Crippen molar-refractivity contribution in [2.75, 3.05) is 13.7 Å². The molecule has 0 amide bonds. The number of benzene rings is 1. The van der Waals surface area contributed by atoms with Gasteiger partial charge in [0, 0.05) is 12.0 Å². The molecule has 0 spiro atoms. The van der Waals surface area contributed by atoms with E-state index in [1.807, 2.05) is 25.1 Å². The van der Waals surface area contributed by atoms with E-state index in [1.54, 1.807) is 7.11 Å². The van der Waals surface area contributed by atoms with Gasteiger partial charge in [-0.05, 0) is 25.5 Å². The lowest BCUT2D eigenvalue weighted by atomic mass is 10.1. The second-order valence-corrected chi connectivity index (χ2v) is 3.08. The van der Waals surface area contributed by atoms with Gasteiger partial charge in [-0.1, -0.05) is 6.07 Å². The summed E-state index contributed by atoms with van der Waals surface area (Å²) in [6.07, 6.45) is 2.05. The molecular formula is C12H16O3. The summed E-state index contributed by atoms with van der Waals surface area (Å²) in [6.45, 7) is 2.55. The van der Waals surface area contributed by atoms with Gasteiger partial charge in [0.1, 0.15) is 17.8 Å². The maximum atomic E-state index is 10.4. The summed E-state index contributed by atoms with van der Waals surface area (Å²) < 4.78 is 10.7. The van der Waals surface area contributed by atoms with Crippen molar-refractivity contribution in [2.45, 2.75) is 19.8 Å². The molecule has 1 aromatic carbocycles. The van der Waals surface area contributed by atoms with Gasteiger partial charge in [0.15, 0.2) is 0 Å². The summed E-state index contributed by atoms with van der Waals surface area (Å²) in [7, 11) is 1.62. The zero-order chi connectivity index (χ0) is 11.1. The van der Waals surface area contributed by atoms with Gasteiger partial charge < -0.3 is 14.3 Å². The predicted molar refractivity (Wildman–Crippen MR) is 58.5 cm³/mol. The predicted octanol–water partition coefficient (Wildman–Crippen LogP) is 2.23. The zero-order valence-electron chi connectivity index (χ0n) is 9.16. The Bertz CT molecular complexity index is 321. The molecule has 0 saturated carbocycles. The van der Waals surface area contributed by atoms with Crippen LogP contribution in [0, 0.1) is 0 Å². The molecule has 0 aromatic heterocycles. The van der Waals surface area contributed by atoms with Gasteiger partial charge in [-0.2, -0.15) is 0 Å². The molecule has 82 valence electrons. The number of ether oxygens (including phenoxy) is 2. The maximum absolute atomic E-state index is 10.4. The van der Waals surface area contributed by atoms with E-state index < -0.39 is 0 Å². The van der Waals surface area contributed by atoms with Crippen molar-refractivity contribution in [3.8, 4) is 11.5 Å². The lowest BCUT2D eigenvalue weighted by molar-refractivity contribution is -0.107. The minimum atomic E-state index is 0.487. The van der Waals surface area contributed by atoms with Crippen molar-refractivity contribution in [2.24, 2.45) is 0 Å². The Labute approximate surface area is 90.0 Å². The average Bonchev–Trinajstić information content (AvgIpc) is 2.27. The number of aldehydes is 1. The van der Waals surface area contributed by atoms with Gasteiger partial charge in [-0.3, -0.25) is 0 Å².